The first kappa shape index (κ1) is 19.8. The summed E-state index contributed by atoms with van der Waals surface area (Å²) in [5.74, 6) is -0.478. The number of rotatable bonds is 5. The number of ether oxygens (including phenoxy) is 1. The Morgan fingerprint density at radius 1 is 1.33 bits per heavy atom. The van der Waals surface area contributed by atoms with Crippen LogP contribution in [0.5, 0.6) is 0 Å². The van der Waals surface area contributed by atoms with Gasteiger partial charge in [0.05, 0.1) is 12.1 Å². The van der Waals surface area contributed by atoms with Crippen LogP contribution in [-0.4, -0.2) is 62.1 Å². The number of halogens is 2. The summed E-state index contributed by atoms with van der Waals surface area (Å²) < 4.78 is 33.3. The Balaban J connectivity index is 1.61. The predicted octanol–water partition coefficient (Wildman–Crippen LogP) is 1.64. The number of anilines is 1. The molecule has 0 radical (unpaired) electrons. The first-order valence-electron chi connectivity index (χ1n) is 9.55. The predicted molar refractivity (Wildman–Crippen MR) is 101 cm³/mol. The van der Waals surface area contributed by atoms with E-state index in [2.05, 4.69) is 15.6 Å². The number of aliphatic imine (C=N–C) groups is 1. The normalized spacial score (nSPS) is 22.7. The molecule has 1 aromatic carbocycles. The second kappa shape index (κ2) is 8.84. The summed E-state index contributed by atoms with van der Waals surface area (Å²) in [6.07, 6.45) is 1.88. The van der Waals surface area contributed by atoms with Crippen LogP contribution in [0.2, 0.25) is 0 Å². The minimum absolute atomic E-state index is 0.0196. The molecular formula is C19H28F2N4O2. The topological polar surface area (TPSA) is 69.1 Å². The van der Waals surface area contributed by atoms with E-state index in [1.807, 2.05) is 6.92 Å². The summed E-state index contributed by atoms with van der Waals surface area (Å²) in [6.45, 7) is 5.09. The van der Waals surface area contributed by atoms with E-state index >= 15 is 0 Å². The van der Waals surface area contributed by atoms with E-state index in [0.29, 0.717) is 58.2 Å². The number of benzene rings is 1. The lowest BCUT2D eigenvalue weighted by atomic mass is 9.95. The van der Waals surface area contributed by atoms with E-state index in [1.165, 1.54) is 18.2 Å². The van der Waals surface area contributed by atoms with Gasteiger partial charge in [0, 0.05) is 51.7 Å². The van der Waals surface area contributed by atoms with Gasteiger partial charge < -0.3 is 25.4 Å². The molecule has 2 saturated heterocycles. The van der Waals surface area contributed by atoms with E-state index in [9.17, 15) is 13.9 Å². The molecular weight excluding hydrogens is 354 g/mol. The Morgan fingerprint density at radius 2 is 2.04 bits per heavy atom. The lowest BCUT2D eigenvalue weighted by Crippen LogP contribution is -2.46. The fourth-order valence-corrected chi connectivity index (χ4v) is 3.52. The van der Waals surface area contributed by atoms with Crippen molar-refractivity contribution >= 4 is 11.6 Å². The number of para-hydroxylation sites is 1. The summed E-state index contributed by atoms with van der Waals surface area (Å²) in [6, 6.07) is 3.95. The maximum Gasteiger partial charge on any atom is 0.191 e. The van der Waals surface area contributed by atoms with Crippen LogP contribution >= 0.6 is 0 Å². The zero-order valence-electron chi connectivity index (χ0n) is 15.7. The van der Waals surface area contributed by atoms with Crippen molar-refractivity contribution in [3.8, 4) is 0 Å². The Labute approximate surface area is 158 Å². The molecule has 1 unspecified atom stereocenters. The minimum Gasteiger partial charge on any atom is -0.388 e. The monoisotopic (exact) mass is 382 g/mol. The molecule has 0 saturated carbocycles. The van der Waals surface area contributed by atoms with Crippen molar-refractivity contribution in [2.24, 2.45) is 4.99 Å². The van der Waals surface area contributed by atoms with Crippen molar-refractivity contribution < 1.29 is 18.6 Å². The second-order valence-corrected chi connectivity index (χ2v) is 7.18. The molecule has 1 aromatic rings. The van der Waals surface area contributed by atoms with Crippen molar-refractivity contribution in [3.05, 3.63) is 29.8 Å². The second-order valence-electron chi connectivity index (χ2n) is 7.18. The number of aliphatic hydroxyl groups is 1. The molecule has 3 N–H and O–H groups in total. The van der Waals surface area contributed by atoms with E-state index in [1.54, 1.807) is 4.90 Å². The molecule has 2 aliphatic heterocycles. The van der Waals surface area contributed by atoms with Gasteiger partial charge >= 0.3 is 0 Å². The van der Waals surface area contributed by atoms with Crippen LogP contribution in [0, 0.1) is 11.6 Å². The maximum absolute atomic E-state index is 14.0. The first-order valence-corrected chi connectivity index (χ1v) is 9.55. The molecule has 0 bridgehead atoms. The molecule has 2 aliphatic rings. The zero-order valence-corrected chi connectivity index (χ0v) is 15.7. The molecule has 0 aromatic heterocycles. The highest BCUT2D eigenvalue weighted by molar-refractivity contribution is 5.80. The van der Waals surface area contributed by atoms with Crippen LogP contribution < -0.4 is 15.5 Å². The van der Waals surface area contributed by atoms with Crippen LogP contribution in [0.4, 0.5) is 14.5 Å². The molecule has 1 atom stereocenters. The summed E-state index contributed by atoms with van der Waals surface area (Å²) in [7, 11) is 0. The number of nitrogens with zero attached hydrogens (tertiary/aromatic N) is 2. The highest BCUT2D eigenvalue weighted by atomic mass is 19.1. The van der Waals surface area contributed by atoms with Crippen LogP contribution in [0.1, 0.15) is 26.2 Å². The van der Waals surface area contributed by atoms with Crippen LogP contribution in [0.25, 0.3) is 0 Å². The van der Waals surface area contributed by atoms with Gasteiger partial charge in [-0.2, -0.15) is 0 Å². The standard InChI is InChI=1S/C19H28F2N4O2/c1-2-22-18(23-13-19(26)7-10-27-11-8-19)24-14-6-9-25(12-14)17-15(20)4-3-5-16(17)21/h3-5,14,26H,2,6-13H2,1H3,(H2,22,23,24). The van der Waals surface area contributed by atoms with Gasteiger partial charge in [-0.25, -0.2) is 8.78 Å². The van der Waals surface area contributed by atoms with E-state index in [0.717, 1.165) is 6.42 Å². The molecule has 2 fully saturated rings. The van der Waals surface area contributed by atoms with Gasteiger partial charge in [0.25, 0.3) is 0 Å². The Morgan fingerprint density at radius 3 is 2.70 bits per heavy atom. The van der Waals surface area contributed by atoms with Gasteiger partial charge in [-0.1, -0.05) is 6.07 Å². The fourth-order valence-electron chi connectivity index (χ4n) is 3.52. The van der Waals surface area contributed by atoms with Gasteiger partial charge in [-0.3, -0.25) is 4.99 Å². The molecule has 8 heteroatoms. The molecule has 3 rings (SSSR count). The van der Waals surface area contributed by atoms with Gasteiger partial charge in [0.15, 0.2) is 5.96 Å². The smallest absolute Gasteiger partial charge is 0.191 e. The average molecular weight is 382 g/mol. The molecule has 0 aliphatic carbocycles. The summed E-state index contributed by atoms with van der Waals surface area (Å²) in [4.78, 5) is 6.25. The average Bonchev–Trinajstić information content (AvgIpc) is 3.08. The third-order valence-corrected chi connectivity index (χ3v) is 5.08. The van der Waals surface area contributed by atoms with Crippen molar-refractivity contribution in [3.63, 3.8) is 0 Å². The summed E-state index contributed by atoms with van der Waals surface area (Å²) in [5.41, 5.74) is -0.807. The van der Waals surface area contributed by atoms with E-state index < -0.39 is 17.2 Å². The van der Waals surface area contributed by atoms with Crippen molar-refractivity contribution in [1.29, 1.82) is 0 Å². The lowest BCUT2D eigenvalue weighted by Gasteiger charge is -2.30. The molecule has 2 heterocycles. The van der Waals surface area contributed by atoms with Gasteiger partial charge in [0.1, 0.15) is 17.3 Å². The third kappa shape index (κ3) is 5.07. The molecule has 0 amide bonds. The van der Waals surface area contributed by atoms with Crippen molar-refractivity contribution in [1.82, 2.24) is 10.6 Å². The lowest BCUT2D eigenvalue weighted by molar-refractivity contribution is -0.0566. The Hall–Kier alpha value is -1.93. The molecule has 6 nitrogen and oxygen atoms in total. The number of hydrogen-bond acceptors (Lipinski definition) is 4. The van der Waals surface area contributed by atoms with Crippen LogP contribution in [-0.2, 0) is 4.74 Å². The zero-order chi connectivity index (χ0) is 19.3. The quantitative estimate of drug-likeness (QED) is 0.534. The third-order valence-electron chi connectivity index (χ3n) is 5.08. The van der Waals surface area contributed by atoms with Crippen molar-refractivity contribution in [2.75, 3.05) is 44.3 Å². The van der Waals surface area contributed by atoms with Gasteiger partial charge in [-0.05, 0) is 25.5 Å². The van der Waals surface area contributed by atoms with Crippen LogP contribution in [0.3, 0.4) is 0 Å². The Bertz CT molecular complexity index is 645. The molecule has 0 spiro atoms. The maximum atomic E-state index is 14.0. The van der Waals surface area contributed by atoms with E-state index in [4.69, 9.17) is 4.74 Å². The van der Waals surface area contributed by atoms with Crippen LogP contribution in [0.15, 0.2) is 23.2 Å². The summed E-state index contributed by atoms with van der Waals surface area (Å²) >= 11 is 0. The minimum atomic E-state index is -0.835. The van der Waals surface area contributed by atoms with E-state index in [-0.39, 0.29) is 11.7 Å². The molecule has 150 valence electrons. The molecule has 27 heavy (non-hydrogen) atoms. The largest absolute Gasteiger partial charge is 0.388 e. The SMILES string of the molecule is CCNC(=NCC1(O)CCOCC1)NC1CCN(c2c(F)cccc2F)C1. The van der Waals surface area contributed by atoms with Gasteiger partial charge in [0.2, 0.25) is 0 Å². The van der Waals surface area contributed by atoms with Gasteiger partial charge in [-0.15, -0.1) is 0 Å². The summed E-state index contributed by atoms with van der Waals surface area (Å²) in [5, 5.41) is 17.1. The number of nitrogens with one attached hydrogen (secondary N) is 2. The number of hydrogen-bond donors (Lipinski definition) is 3. The highest BCUT2D eigenvalue weighted by Crippen LogP contribution is 2.26. The number of guanidine groups is 1. The Kier molecular flexibility index (Phi) is 6.49. The highest BCUT2D eigenvalue weighted by Gasteiger charge is 2.30. The first-order chi connectivity index (χ1) is 13.0. The van der Waals surface area contributed by atoms with Crippen molar-refractivity contribution in [2.45, 2.75) is 37.8 Å². The fraction of sp³-hybridized carbons (Fsp3) is 0.632.